The van der Waals surface area contributed by atoms with Crippen LogP contribution in [0, 0.1) is 0 Å². The number of halogens is 2. The van der Waals surface area contributed by atoms with E-state index < -0.39 is 5.91 Å². The lowest BCUT2D eigenvalue weighted by molar-refractivity contribution is -0.154. The van der Waals surface area contributed by atoms with Crippen LogP contribution in [0.2, 0.25) is 10.0 Å². The topological polar surface area (TPSA) is 54.8 Å². The summed E-state index contributed by atoms with van der Waals surface area (Å²) in [6.07, 6.45) is 3.03. The number of pyridine rings is 1. The fraction of sp³-hybridized carbons (Fsp3) is 0.0714. The summed E-state index contributed by atoms with van der Waals surface area (Å²) < 4.78 is 0. The summed E-state index contributed by atoms with van der Waals surface area (Å²) in [5.41, 5.74) is 0.592. The van der Waals surface area contributed by atoms with E-state index in [-0.39, 0.29) is 10.8 Å². The highest BCUT2D eigenvalue weighted by Gasteiger charge is 2.12. The van der Waals surface area contributed by atoms with Gasteiger partial charge in [0.05, 0.1) is 16.9 Å². The first-order valence-corrected chi connectivity index (χ1v) is 6.70. The molecular weight excluding hydrogens is 313 g/mol. The molecule has 0 aliphatic rings. The standard InChI is InChI=1S/C14H11Cl2N3O2/c1-10(20)19(18-9-12-4-2-3-7-17-12)21-14-6-5-11(15)8-13(14)16/h2-9H,1H3. The number of aromatic nitrogens is 1. The molecule has 0 radical (unpaired) electrons. The smallest absolute Gasteiger partial charge is 0.277 e. The van der Waals surface area contributed by atoms with Crippen LogP contribution in [0.1, 0.15) is 12.6 Å². The normalized spacial score (nSPS) is 10.6. The molecular formula is C14H11Cl2N3O2. The quantitative estimate of drug-likeness (QED) is 0.638. The molecule has 0 unspecified atom stereocenters. The summed E-state index contributed by atoms with van der Waals surface area (Å²) in [5, 5.41) is 5.51. The minimum atomic E-state index is -0.409. The number of hydrogen-bond acceptors (Lipinski definition) is 4. The zero-order valence-corrected chi connectivity index (χ0v) is 12.5. The van der Waals surface area contributed by atoms with Crippen molar-refractivity contribution in [1.82, 2.24) is 10.2 Å². The van der Waals surface area contributed by atoms with Gasteiger partial charge >= 0.3 is 0 Å². The Labute approximate surface area is 131 Å². The number of hydrazone groups is 1. The van der Waals surface area contributed by atoms with E-state index in [2.05, 4.69) is 10.1 Å². The van der Waals surface area contributed by atoms with Gasteiger partial charge in [0.1, 0.15) is 0 Å². The molecule has 1 aromatic heterocycles. The summed E-state index contributed by atoms with van der Waals surface area (Å²) in [6, 6.07) is 10.0. The molecule has 1 amide bonds. The van der Waals surface area contributed by atoms with Gasteiger partial charge in [0.25, 0.3) is 5.91 Å². The highest BCUT2D eigenvalue weighted by atomic mass is 35.5. The number of nitrogens with zero attached hydrogens (tertiary/aromatic N) is 3. The largest absolute Gasteiger partial charge is 0.353 e. The number of benzene rings is 1. The van der Waals surface area contributed by atoms with Crippen LogP contribution in [0.3, 0.4) is 0 Å². The van der Waals surface area contributed by atoms with Crippen LogP contribution < -0.4 is 4.84 Å². The Morgan fingerprint density at radius 1 is 1.33 bits per heavy atom. The Balaban J connectivity index is 2.16. The predicted octanol–water partition coefficient (Wildman–Crippen LogP) is 3.56. The lowest BCUT2D eigenvalue weighted by Crippen LogP contribution is -2.27. The van der Waals surface area contributed by atoms with Crippen LogP contribution in [-0.4, -0.2) is 22.3 Å². The van der Waals surface area contributed by atoms with Crippen LogP contribution in [-0.2, 0) is 4.79 Å². The van der Waals surface area contributed by atoms with Crippen molar-refractivity contribution in [3.8, 4) is 5.75 Å². The Bertz CT molecular complexity index is 663. The van der Waals surface area contributed by atoms with Crippen LogP contribution in [0.4, 0.5) is 0 Å². The van der Waals surface area contributed by atoms with Crippen LogP contribution in [0.25, 0.3) is 0 Å². The van der Waals surface area contributed by atoms with Crippen molar-refractivity contribution < 1.29 is 9.63 Å². The lowest BCUT2D eigenvalue weighted by Gasteiger charge is -2.15. The van der Waals surface area contributed by atoms with Crippen molar-refractivity contribution >= 4 is 35.3 Å². The fourth-order valence-electron chi connectivity index (χ4n) is 1.38. The maximum Gasteiger partial charge on any atom is 0.277 e. The number of hydrogen-bond donors (Lipinski definition) is 0. The minimum Gasteiger partial charge on any atom is -0.353 e. The van der Waals surface area contributed by atoms with Crippen LogP contribution in [0.15, 0.2) is 47.7 Å². The van der Waals surface area contributed by atoms with Crippen molar-refractivity contribution in [3.05, 3.63) is 58.3 Å². The molecule has 0 saturated carbocycles. The highest BCUT2D eigenvalue weighted by molar-refractivity contribution is 6.35. The summed E-state index contributed by atoms with van der Waals surface area (Å²) >= 11 is 11.8. The predicted molar refractivity (Wildman–Crippen MR) is 81.4 cm³/mol. The van der Waals surface area contributed by atoms with Crippen molar-refractivity contribution in [2.24, 2.45) is 5.10 Å². The average molecular weight is 324 g/mol. The van der Waals surface area contributed by atoms with Crippen molar-refractivity contribution in [3.63, 3.8) is 0 Å². The first-order valence-electron chi connectivity index (χ1n) is 5.95. The molecule has 0 aliphatic heterocycles. The van der Waals surface area contributed by atoms with E-state index in [1.165, 1.54) is 19.2 Å². The van der Waals surface area contributed by atoms with Gasteiger partial charge in [-0.1, -0.05) is 34.4 Å². The molecule has 0 bridgehead atoms. The monoisotopic (exact) mass is 323 g/mol. The molecule has 21 heavy (non-hydrogen) atoms. The van der Waals surface area contributed by atoms with Gasteiger partial charge in [0, 0.05) is 18.1 Å². The number of hydroxylamine groups is 1. The van der Waals surface area contributed by atoms with E-state index in [1.807, 2.05) is 6.07 Å². The molecule has 108 valence electrons. The van der Waals surface area contributed by atoms with Crippen molar-refractivity contribution in [1.29, 1.82) is 0 Å². The summed E-state index contributed by atoms with van der Waals surface area (Å²) in [4.78, 5) is 21.0. The summed E-state index contributed by atoms with van der Waals surface area (Å²) in [5.74, 6) is -0.136. The molecule has 0 N–H and O–H groups in total. The first kappa shape index (κ1) is 15.3. The number of carbonyl (C=O) groups is 1. The molecule has 7 heteroatoms. The fourth-order valence-corrected chi connectivity index (χ4v) is 1.82. The summed E-state index contributed by atoms with van der Waals surface area (Å²) in [7, 11) is 0. The lowest BCUT2D eigenvalue weighted by atomic mass is 10.3. The molecule has 0 aliphatic carbocycles. The Hall–Kier alpha value is -2.11. The Morgan fingerprint density at radius 2 is 2.14 bits per heavy atom. The second kappa shape index (κ2) is 7.06. The van der Waals surface area contributed by atoms with Crippen molar-refractivity contribution in [2.75, 3.05) is 0 Å². The van der Waals surface area contributed by atoms with E-state index >= 15 is 0 Å². The Kier molecular flexibility index (Phi) is 5.14. The zero-order chi connectivity index (χ0) is 15.2. The SMILES string of the molecule is CC(=O)N(N=Cc1ccccn1)Oc1ccc(Cl)cc1Cl. The first-order chi connectivity index (χ1) is 10.1. The van der Waals surface area contributed by atoms with E-state index in [0.717, 1.165) is 5.17 Å². The third kappa shape index (κ3) is 4.44. The molecule has 1 aromatic carbocycles. The second-order valence-electron chi connectivity index (χ2n) is 3.96. The second-order valence-corrected chi connectivity index (χ2v) is 4.80. The molecule has 2 aromatic rings. The van der Waals surface area contributed by atoms with Crippen molar-refractivity contribution in [2.45, 2.75) is 6.92 Å². The molecule has 1 heterocycles. The Morgan fingerprint density at radius 3 is 2.76 bits per heavy atom. The van der Waals surface area contributed by atoms with Gasteiger partial charge in [-0.2, -0.15) is 0 Å². The van der Waals surface area contributed by atoms with Crippen LogP contribution in [0.5, 0.6) is 5.75 Å². The van der Waals surface area contributed by atoms with Gasteiger partial charge in [-0.25, -0.2) is 0 Å². The average Bonchev–Trinajstić information content (AvgIpc) is 2.46. The number of carbonyl (C=O) groups excluding carboxylic acids is 1. The van der Waals surface area contributed by atoms with Gasteiger partial charge in [-0.3, -0.25) is 9.78 Å². The van der Waals surface area contributed by atoms with Gasteiger partial charge in [-0.05, 0) is 30.3 Å². The number of rotatable bonds is 4. The maximum atomic E-state index is 11.5. The van der Waals surface area contributed by atoms with E-state index in [0.29, 0.717) is 10.7 Å². The molecule has 0 fully saturated rings. The van der Waals surface area contributed by atoms with Gasteiger partial charge in [0.15, 0.2) is 5.75 Å². The zero-order valence-electron chi connectivity index (χ0n) is 11.0. The molecule has 0 spiro atoms. The third-order valence-electron chi connectivity index (χ3n) is 2.33. The van der Waals surface area contributed by atoms with E-state index in [9.17, 15) is 4.79 Å². The third-order valence-corrected chi connectivity index (χ3v) is 2.86. The minimum absolute atomic E-state index is 0.273. The van der Waals surface area contributed by atoms with Crippen LogP contribution >= 0.6 is 23.2 Å². The van der Waals surface area contributed by atoms with E-state index in [4.69, 9.17) is 28.0 Å². The van der Waals surface area contributed by atoms with Gasteiger partial charge in [0.2, 0.25) is 0 Å². The van der Waals surface area contributed by atoms with Gasteiger partial charge < -0.3 is 4.84 Å². The molecule has 0 atom stereocenters. The molecule has 2 rings (SSSR count). The van der Waals surface area contributed by atoms with E-state index in [1.54, 1.807) is 30.5 Å². The number of amides is 1. The van der Waals surface area contributed by atoms with Gasteiger partial charge in [-0.15, -0.1) is 5.10 Å². The maximum absolute atomic E-state index is 11.5. The molecule has 0 saturated heterocycles. The molecule has 5 nitrogen and oxygen atoms in total. The highest BCUT2D eigenvalue weighted by Crippen LogP contribution is 2.28. The summed E-state index contributed by atoms with van der Waals surface area (Å²) in [6.45, 7) is 1.32.